The minimum atomic E-state index is -0.916. The maximum Gasteiger partial charge on any atom is 0.335 e. The Morgan fingerprint density at radius 3 is 2.41 bits per heavy atom. The highest BCUT2D eigenvalue weighted by atomic mass is 16.4. The zero-order chi connectivity index (χ0) is 25.9. The Labute approximate surface area is 217 Å². The Hall–Kier alpha value is -3.90. The average molecular weight is 496 g/mol. The molecule has 1 aliphatic heterocycles. The Morgan fingerprint density at radius 1 is 0.973 bits per heavy atom. The van der Waals surface area contributed by atoms with E-state index in [1.807, 2.05) is 38.1 Å². The van der Waals surface area contributed by atoms with E-state index in [1.165, 1.54) is 16.5 Å². The van der Waals surface area contributed by atoms with Gasteiger partial charge in [-0.1, -0.05) is 38.1 Å². The summed E-state index contributed by atoms with van der Waals surface area (Å²) in [5.41, 5.74) is 5.84. The fourth-order valence-electron chi connectivity index (χ4n) is 5.18. The van der Waals surface area contributed by atoms with E-state index in [-0.39, 0.29) is 17.4 Å². The molecule has 0 unspecified atom stereocenters. The summed E-state index contributed by atoms with van der Waals surface area (Å²) in [5.74, 6) is -0.406. The topological polar surface area (TPSA) is 74.6 Å². The highest BCUT2D eigenvalue weighted by molar-refractivity contribution is 5.92. The van der Waals surface area contributed by atoms with Crippen molar-refractivity contribution < 1.29 is 14.7 Å². The largest absolute Gasteiger partial charge is 0.478 e. The molecule has 1 amide bonds. The van der Waals surface area contributed by atoms with Crippen LogP contribution in [0.1, 0.15) is 54.1 Å². The Bertz CT molecular complexity index is 1410. The first-order valence-corrected chi connectivity index (χ1v) is 12.9. The molecule has 5 rings (SSSR count). The number of rotatable bonds is 7. The molecule has 2 N–H and O–H groups in total. The van der Waals surface area contributed by atoms with Crippen molar-refractivity contribution >= 4 is 28.5 Å². The number of aromatic nitrogens is 1. The highest BCUT2D eigenvalue weighted by Crippen LogP contribution is 2.31. The second kappa shape index (κ2) is 10.6. The molecule has 0 saturated carbocycles. The molecule has 2 heterocycles. The molecule has 37 heavy (non-hydrogen) atoms. The van der Waals surface area contributed by atoms with Crippen molar-refractivity contribution in [3.8, 4) is 5.69 Å². The van der Waals surface area contributed by atoms with Crippen LogP contribution in [0.2, 0.25) is 0 Å². The SMILES string of the molecule is CC(C)C(=O)Nc1cccc(C2CCN(Cc3cccc4c3ccn4-c3ccc(C(=O)O)cc3)CC2)c1. The van der Waals surface area contributed by atoms with Crippen molar-refractivity contribution in [3.05, 3.63) is 95.7 Å². The van der Waals surface area contributed by atoms with Gasteiger partial charge >= 0.3 is 5.97 Å². The average Bonchev–Trinajstić information content (AvgIpc) is 3.34. The fourth-order valence-corrected chi connectivity index (χ4v) is 5.18. The molecule has 0 atom stereocenters. The van der Waals surface area contributed by atoms with E-state index in [0.29, 0.717) is 5.92 Å². The summed E-state index contributed by atoms with van der Waals surface area (Å²) in [4.78, 5) is 25.8. The Balaban J connectivity index is 1.25. The molecule has 190 valence electrons. The number of benzene rings is 3. The molecule has 0 spiro atoms. The monoisotopic (exact) mass is 495 g/mol. The van der Waals surface area contributed by atoms with Crippen LogP contribution in [-0.4, -0.2) is 39.5 Å². The van der Waals surface area contributed by atoms with Gasteiger partial charge in [0.05, 0.1) is 11.1 Å². The number of fused-ring (bicyclic) bond motifs is 1. The van der Waals surface area contributed by atoms with Gasteiger partial charge in [-0.2, -0.15) is 0 Å². The number of nitrogens with zero attached hydrogens (tertiary/aromatic N) is 2. The number of carbonyl (C=O) groups is 2. The number of hydrogen-bond donors (Lipinski definition) is 2. The lowest BCUT2D eigenvalue weighted by atomic mass is 9.89. The van der Waals surface area contributed by atoms with Gasteiger partial charge in [-0.25, -0.2) is 4.79 Å². The van der Waals surface area contributed by atoms with E-state index in [4.69, 9.17) is 0 Å². The Kier molecular flexibility index (Phi) is 7.10. The molecule has 4 aromatic rings. The van der Waals surface area contributed by atoms with Crippen molar-refractivity contribution in [2.24, 2.45) is 5.92 Å². The maximum absolute atomic E-state index is 12.1. The van der Waals surface area contributed by atoms with Crippen molar-refractivity contribution in [3.63, 3.8) is 0 Å². The molecule has 0 radical (unpaired) electrons. The third-order valence-electron chi connectivity index (χ3n) is 7.35. The molecule has 1 aliphatic rings. The van der Waals surface area contributed by atoms with Crippen molar-refractivity contribution in [2.45, 2.75) is 39.2 Å². The molecule has 6 nitrogen and oxygen atoms in total. The molecular formula is C31H33N3O3. The number of carboxylic acids is 1. The number of carboxylic acid groups (broad SMARTS) is 1. The lowest BCUT2D eigenvalue weighted by Crippen LogP contribution is -2.32. The van der Waals surface area contributed by atoms with Crippen LogP contribution in [0.3, 0.4) is 0 Å². The quantitative estimate of drug-likeness (QED) is 0.315. The van der Waals surface area contributed by atoms with E-state index in [2.05, 4.69) is 57.4 Å². The molecule has 0 aliphatic carbocycles. The van der Waals surface area contributed by atoms with Crippen LogP contribution in [0.4, 0.5) is 5.69 Å². The predicted octanol–water partition coefficient (Wildman–Crippen LogP) is 6.30. The van der Waals surface area contributed by atoms with E-state index < -0.39 is 5.97 Å². The van der Waals surface area contributed by atoms with E-state index in [0.717, 1.165) is 49.4 Å². The van der Waals surface area contributed by atoms with Crippen molar-refractivity contribution in [1.29, 1.82) is 0 Å². The van der Waals surface area contributed by atoms with Gasteiger partial charge in [0.1, 0.15) is 0 Å². The second-order valence-corrected chi connectivity index (χ2v) is 10.2. The van der Waals surface area contributed by atoms with Gasteiger partial charge in [0.25, 0.3) is 0 Å². The molecule has 0 bridgehead atoms. The molecule has 6 heteroatoms. The number of carbonyl (C=O) groups excluding carboxylic acids is 1. The van der Waals surface area contributed by atoms with Gasteiger partial charge in [0, 0.05) is 35.4 Å². The number of hydrogen-bond acceptors (Lipinski definition) is 3. The summed E-state index contributed by atoms with van der Waals surface area (Å²) in [6, 6.07) is 23.9. The van der Waals surface area contributed by atoms with E-state index >= 15 is 0 Å². The first-order chi connectivity index (χ1) is 17.9. The third-order valence-corrected chi connectivity index (χ3v) is 7.35. The van der Waals surface area contributed by atoms with Gasteiger partial charge in [-0.15, -0.1) is 0 Å². The normalized spacial score (nSPS) is 14.8. The summed E-state index contributed by atoms with van der Waals surface area (Å²) in [6.45, 7) is 6.77. The van der Waals surface area contributed by atoms with Gasteiger partial charge in [-0.05, 0) is 91.5 Å². The number of piperidine rings is 1. The minimum Gasteiger partial charge on any atom is -0.478 e. The molecule has 1 aromatic heterocycles. The third kappa shape index (κ3) is 5.44. The summed E-state index contributed by atoms with van der Waals surface area (Å²) in [5, 5.41) is 13.4. The minimum absolute atomic E-state index is 0.0364. The second-order valence-electron chi connectivity index (χ2n) is 10.2. The number of aromatic carboxylic acids is 1. The van der Waals surface area contributed by atoms with E-state index in [1.54, 1.807) is 12.1 Å². The van der Waals surface area contributed by atoms with Crippen molar-refractivity contribution in [2.75, 3.05) is 18.4 Å². The first-order valence-electron chi connectivity index (χ1n) is 12.9. The van der Waals surface area contributed by atoms with Gasteiger partial charge in [0.15, 0.2) is 0 Å². The summed E-state index contributed by atoms with van der Waals surface area (Å²) >= 11 is 0. The maximum atomic E-state index is 12.1. The molecule has 1 fully saturated rings. The van der Waals surface area contributed by atoms with Crippen LogP contribution in [-0.2, 0) is 11.3 Å². The fraction of sp³-hybridized carbons (Fsp3) is 0.290. The van der Waals surface area contributed by atoms with Crippen LogP contribution >= 0.6 is 0 Å². The smallest absolute Gasteiger partial charge is 0.335 e. The number of anilines is 1. The molecule has 3 aromatic carbocycles. The zero-order valence-electron chi connectivity index (χ0n) is 21.4. The lowest BCUT2D eigenvalue weighted by molar-refractivity contribution is -0.118. The van der Waals surface area contributed by atoms with Gasteiger partial charge < -0.3 is 15.0 Å². The van der Waals surface area contributed by atoms with Crippen LogP contribution in [0.25, 0.3) is 16.6 Å². The zero-order valence-corrected chi connectivity index (χ0v) is 21.4. The van der Waals surface area contributed by atoms with Crippen molar-refractivity contribution in [1.82, 2.24) is 9.47 Å². The van der Waals surface area contributed by atoms with Crippen LogP contribution in [0.5, 0.6) is 0 Å². The highest BCUT2D eigenvalue weighted by Gasteiger charge is 2.22. The van der Waals surface area contributed by atoms with Crippen LogP contribution in [0.15, 0.2) is 79.0 Å². The summed E-state index contributed by atoms with van der Waals surface area (Å²) in [6.07, 6.45) is 4.24. The van der Waals surface area contributed by atoms with E-state index in [9.17, 15) is 14.7 Å². The lowest BCUT2D eigenvalue weighted by Gasteiger charge is -2.32. The molecule has 1 saturated heterocycles. The first kappa shape index (κ1) is 24.8. The predicted molar refractivity (Wildman–Crippen MR) is 147 cm³/mol. The molecular weight excluding hydrogens is 462 g/mol. The van der Waals surface area contributed by atoms with Crippen LogP contribution < -0.4 is 5.32 Å². The number of amides is 1. The summed E-state index contributed by atoms with van der Waals surface area (Å²) in [7, 11) is 0. The number of nitrogens with one attached hydrogen (secondary N) is 1. The standard InChI is InChI=1S/C31H33N3O3/c1-21(2)30(35)32-26-7-3-5-24(19-26)22-13-16-33(17-14-22)20-25-6-4-8-29-28(25)15-18-34(29)27-11-9-23(10-12-27)31(36)37/h3-12,15,18-19,21-22H,13-14,16-17,20H2,1-2H3,(H,32,35)(H,36,37). The Morgan fingerprint density at radius 2 is 1.70 bits per heavy atom. The van der Waals surface area contributed by atoms with Gasteiger partial charge in [0.2, 0.25) is 5.91 Å². The van der Waals surface area contributed by atoms with Crippen LogP contribution in [0, 0.1) is 5.92 Å². The van der Waals surface area contributed by atoms with Gasteiger partial charge in [-0.3, -0.25) is 9.69 Å². The number of likely N-dealkylation sites (tertiary alicyclic amines) is 1. The summed E-state index contributed by atoms with van der Waals surface area (Å²) < 4.78 is 2.11.